The van der Waals surface area contributed by atoms with E-state index in [0.29, 0.717) is 23.3 Å². The quantitative estimate of drug-likeness (QED) is 0.920. The van der Waals surface area contributed by atoms with E-state index < -0.39 is 0 Å². The van der Waals surface area contributed by atoms with Crippen molar-refractivity contribution in [2.24, 2.45) is 5.41 Å². The van der Waals surface area contributed by atoms with Crippen molar-refractivity contribution in [3.8, 4) is 0 Å². The number of hydrogen-bond donors (Lipinski definition) is 1. The zero-order valence-electron chi connectivity index (χ0n) is 12.9. The van der Waals surface area contributed by atoms with Crippen LogP contribution < -0.4 is 5.73 Å². The molecule has 1 aromatic heterocycles. The van der Waals surface area contributed by atoms with Crippen molar-refractivity contribution in [1.82, 2.24) is 14.7 Å². The molecule has 2 heterocycles. The predicted molar refractivity (Wildman–Crippen MR) is 80.5 cm³/mol. The van der Waals surface area contributed by atoms with E-state index in [1.54, 1.807) is 10.9 Å². The van der Waals surface area contributed by atoms with Crippen LogP contribution in [0.4, 0.5) is 5.69 Å². The highest BCUT2D eigenvalue weighted by atomic mass is 16.2. The summed E-state index contributed by atoms with van der Waals surface area (Å²) in [5.41, 5.74) is 7.36. The smallest absolute Gasteiger partial charge is 0.274 e. The Labute approximate surface area is 121 Å². The van der Waals surface area contributed by atoms with Gasteiger partial charge in [-0.2, -0.15) is 5.10 Å². The zero-order chi connectivity index (χ0) is 14.8. The van der Waals surface area contributed by atoms with Gasteiger partial charge in [-0.05, 0) is 25.2 Å². The van der Waals surface area contributed by atoms with E-state index in [0.717, 1.165) is 25.9 Å². The van der Waals surface area contributed by atoms with E-state index in [1.807, 2.05) is 11.8 Å². The van der Waals surface area contributed by atoms with Crippen LogP contribution in [0, 0.1) is 5.41 Å². The lowest BCUT2D eigenvalue weighted by Gasteiger charge is -2.41. The fraction of sp³-hybridized carbons (Fsp3) is 0.733. The van der Waals surface area contributed by atoms with Crippen molar-refractivity contribution >= 4 is 11.6 Å². The summed E-state index contributed by atoms with van der Waals surface area (Å²) in [7, 11) is 0. The van der Waals surface area contributed by atoms with Crippen molar-refractivity contribution in [2.45, 2.75) is 53.0 Å². The second-order valence-corrected chi connectivity index (χ2v) is 5.76. The van der Waals surface area contributed by atoms with Gasteiger partial charge >= 0.3 is 0 Å². The molecule has 0 atom stereocenters. The number of piperidine rings is 1. The SMILES string of the molecule is CCn1ncc(N)c1C(=O)N1CCC(CC)(CC)CC1. The zero-order valence-corrected chi connectivity index (χ0v) is 12.9. The first-order valence-corrected chi connectivity index (χ1v) is 7.67. The van der Waals surface area contributed by atoms with Crippen LogP contribution in [0.25, 0.3) is 0 Å². The van der Waals surface area contributed by atoms with Gasteiger partial charge in [0, 0.05) is 19.6 Å². The summed E-state index contributed by atoms with van der Waals surface area (Å²) in [5, 5.41) is 4.16. The first-order valence-electron chi connectivity index (χ1n) is 7.67. The summed E-state index contributed by atoms with van der Waals surface area (Å²) in [6.07, 6.45) is 6.14. The Hall–Kier alpha value is -1.52. The molecule has 2 rings (SSSR count). The molecule has 5 nitrogen and oxygen atoms in total. The van der Waals surface area contributed by atoms with Crippen LogP contribution in [0.15, 0.2) is 6.20 Å². The molecule has 0 aliphatic carbocycles. The van der Waals surface area contributed by atoms with Crippen molar-refractivity contribution in [3.05, 3.63) is 11.9 Å². The Morgan fingerprint density at radius 3 is 2.40 bits per heavy atom. The number of aryl methyl sites for hydroxylation is 1. The van der Waals surface area contributed by atoms with Crippen LogP contribution in [0.1, 0.15) is 56.9 Å². The lowest BCUT2D eigenvalue weighted by Crippen LogP contribution is -2.43. The van der Waals surface area contributed by atoms with E-state index in [1.165, 1.54) is 12.8 Å². The molecule has 1 aliphatic rings. The molecule has 0 radical (unpaired) electrons. The van der Waals surface area contributed by atoms with Gasteiger partial charge in [0.05, 0.1) is 11.9 Å². The van der Waals surface area contributed by atoms with Gasteiger partial charge in [0.15, 0.2) is 0 Å². The normalized spacial score (nSPS) is 18.2. The van der Waals surface area contributed by atoms with Gasteiger partial charge in [0.2, 0.25) is 0 Å². The summed E-state index contributed by atoms with van der Waals surface area (Å²) in [6.45, 7) is 8.80. The number of hydrogen-bond acceptors (Lipinski definition) is 3. The number of nitrogens with two attached hydrogens (primary N) is 1. The van der Waals surface area contributed by atoms with Crippen LogP contribution in [-0.2, 0) is 6.54 Å². The molecular formula is C15H26N4O. The highest BCUT2D eigenvalue weighted by Crippen LogP contribution is 2.38. The molecule has 1 aromatic rings. The van der Waals surface area contributed by atoms with Gasteiger partial charge in [-0.15, -0.1) is 0 Å². The molecule has 1 saturated heterocycles. The van der Waals surface area contributed by atoms with Crippen LogP contribution in [0.3, 0.4) is 0 Å². The van der Waals surface area contributed by atoms with E-state index in [4.69, 9.17) is 5.73 Å². The Bertz CT molecular complexity index is 466. The van der Waals surface area contributed by atoms with Gasteiger partial charge in [-0.1, -0.05) is 26.7 Å². The molecule has 5 heteroatoms. The second-order valence-electron chi connectivity index (χ2n) is 5.76. The fourth-order valence-electron chi connectivity index (χ4n) is 3.16. The minimum absolute atomic E-state index is 0.0302. The number of likely N-dealkylation sites (tertiary alicyclic amines) is 1. The highest BCUT2D eigenvalue weighted by molar-refractivity contribution is 5.97. The van der Waals surface area contributed by atoms with Crippen molar-refractivity contribution in [2.75, 3.05) is 18.8 Å². The van der Waals surface area contributed by atoms with Crippen molar-refractivity contribution < 1.29 is 4.79 Å². The lowest BCUT2D eigenvalue weighted by atomic mass is 9.74. The molecule has 0 unspecified atom stereocenters. The number of nitrogen functional groups attached to an aromatic ring is 1. The summed E-state index contributed by atoms with van der Waals surface area (Å²) in [4.78, 5) is 14.6. The third kappa shape index (κ3) is 2.53. The number of nitrogens with zero attached hydrogens (tertiary/aromatic N) is 3. The summed E-state index contributed by atoms with van der Waals surface area (Å²) >= 11 is 0. The maximum atomic E-state index is 12.6. The Balaban J connectivity index is 2.11. The molecule has 112 valence electrons. The van der Waals surface area contributed by atoms with Crippen LogP contribution in [0.2, 0.25) is 0 Å². The third-order valence-corrected chi connectivity index (χ3v) is 4.98. The topological polar surface area (TPSA) is 64.2 Å². The van der Waals surface area contributed by atoms with Gasteiger partial charge in [-0.25, -0.2) is 0 Å². The van der Waals surface area contributed by atoms with Crippen molar-refractivity contribution in [3.63, 3.8) is 0 Å². The third-order valence-electron chi connectivity index (χ3n) is 4.98. The van der Waals surface area contributed by atoms with Crippen LogP contribution >= 0.6 is 0 Å². The molecule has 0 saturated carbocycles. The number of anilines is 1. The molecule has 0 aromatic carbocycles. The number of aromatic nitrogens is 2. The van der Waals surface area contributed by atoms with Gasteiger partial charge in [0.25, 0.3) is 5.91 Å². The summed E-state index contributed by atoms with van der Waals surface area (Å²) < 4.78 is 1.69. The number of carbonyl (C=O) groups is 1. The molecule has 1 fully saturated rings. The van der Waals surface area contributed by atoms with Crippen molar-refractivity contribution in [1.29, 1.82) is 0 Å². The maximum absolute atomic E-state index is 12.6. The molecule has 2 N–H and O–H groups in total. The minimum Gasteiger partial charge on any atom is -0.396 e. The monoisotopic (exact) mass is 278 g/mol. The Kier molecular flexibility index (Phi) is 4.35. The lowest BCUT2D eigenvalue weighted by molar-refractivity contribution is 0.0547. The fourth-order valence-corrected chi connectivity index (χ4v) is 3.16. The summed E-state index contributed by atoms with van der Waals surface area (Å²) in [5.74, 6) is 0.0302. The van der Waals surface area contributed by atoms with E-state index in [-0.39, 0.29) is 5.91 Å². The first kappa shape index (κ1) is 14.9. The molecule has 1 amide bonds. The molecular weight excluding hydrogens is 252 g/mol. The Morgan fingerprint density at radius 1 is 1.30 bits per heavy atom. The Morgan fingerprint density at radius 2 is 1.90 bits per heavy atom. The minimum atomic E-state index is 0.0302. The van der Waals surface area contributed by atoms with E-state index in [2.05, 4.69) is 18.9 Å². The summed E-state index contributed by atoms with van der Waals surface area (Å²) in [6, 6.07) is 0. The number of rotatable bonds is 4. The largest absolute Gasteiger partial charge is 0.396 e. The standard InChI is InChI=1S/C15H26N4O/c1-4-15(5-2)7-9-18(10-8-15)14(20)13-12(16)11-17-19(13)6-3/h11H,4-10,16H2,1-3H3. The second kappa shape index (κ2) is 5.85. The van der Waals surface area contributed by atoms with Gasteiger partial charge in [-0.3, -0.25) is 9.48 Å². The average molecular weight is 278 g/mol. The van der Waals surface area contributed by atoms with Crippen LogP contribution in [0.5, 0.6) is 0 Å². The molecule has 0 bridgehead atoms. The molecule has 20 heavy (non-hydrogen) atoms. The first-order chi connectivity index (χ1) is 9.56. The maximum Gasteiger partial charge on any atom is 0.274 e. The number of carbonyl (C=O) groups excluding carboxylic acids is 1. The van der Waals surface area contributed by atoms with E-state index >= 15 is 0 Å². The van der Waals surface area contributed by atoms with Gasteiger partial charge in [0.1, 0.15) is 5.69 Å². The number of amides is 1. The van der Waals surface area contributed by atoms with Crippen LogP contribution in [-0.4, -0.2) is 33.7 Å². The molecule has 1 aliphatic heterocycles. The highest BCUT2D eigenvalue weighted by Gasteiger charge is 2.34. The predicted octanol–water partition coefficient (Wildman–Crippen LogP) is 2.53. The van der Waals surface area contributed by atoms with E-state index in [9.17, 15) is 4.79 Å². The van der Waals surface area contributed by atoms with Gasteiger partial charge < -0.3 is 10.6 Å². The molecule has 0 spiro atoms. The average Bonchev–Trinajstić information content (AvgIpc) is 2.87.